The van der Waals surface area contributed by atoms with E-state index in [-0.39, 0.29) is 11.9 Å². The van der Waals surface area contributed by atoms with Crippen molar-refractivity contribution in [3.63, 3.8) is 0 Å². The van der Waals surface area contributed by atoms with Crippen LogP contribution in [-0.4, -0.2) is 43.0 Å². The maximum atomic E-state index is 12.2. The number of esters is 1. The molecule has 22 heavy (non-hydrogen) atoms. The topological polar surface area (TPSA) is 58.6 Å². The van der Waals surface area contributed by atoms with Crippen LogP contribution in [0.5, 0.6) is 0 Å². The van der Waals surface area contributed by atoms with Crippen LogP contribution in [0.2, 0.25) is 0 Å². The molecule has 0 radical (unpaired) electrons. The number of rotatable bonds is 6. The molecule has 1 fully saturated rings. The molecule has 122 valence electrons. The second-order valence-corrected chi connectivity index (χ2v) is 6.88. The van der Waals surface area contributed by atoms with Gasteiger partial charge in [-0.2, -0.15) is 0 Å². The third kappa shape index (κ3) is 4.30. The van der Waals surface area contributed by atoms with Gasteiger partial charge in [0.05, 0.1) is 18.7 Å². The molecule has 5 nitrogen and oxygen atoms in total. The van der Waals surface area contributed by atoms with Crippen molar-refractivity contribution in [2.45, 2.75) is 39.5 Å². The zero-order chi connectivity index (χ0) is 16.1. The van der Waals surface area contributed by atoms with Gasteiger partial charge in [0.15, 0.2) is 0 Å². The van der Waals surface area contributed by atoms with E-state index in [1.54, 1.807) is 6.92 Å². The number of nitrogens with one attached hydrogen (secondary N) is 1. The summed E-state index contributed by atoms with van der Waals surface area (Å²) in [5, 5.41) is 3.49. The number of carbonyl (C=O) groups excluding carboxylic acids is 2. The lowest BCUT2D eigenvalue weighted by atomic mass is 10.1. The van der Waals surface area contributed by atoms with Gasteiger partial charge >= 0.3 is 5.97 Å². The molecular weight excluding hydrogens is 300 g/mol. The molecule has 0 atom stereocenters. The Morgan fingerprint density at radius 1 is 1.36 bits per heavy atom. The third-order valence-corrected chi connectivity index (χ3v) is 4.99. The zero-order valence-corrected chi connectivity index (χ0v) is 14.3. The van der Waals surface area contributed by atoms with Crippen molar-refractivity contribution >= 4 is 28.2 Å². The molecule has 2 rings (SSSR count). The molecule has 1 aromatic rings. The van der Waals surface area contributed by atoms with E-state index in [1.807, 2.05) is 6.07 Å². The van der Waals surface area contributed by atoms with Crippen LogP contribution in [0, 0.1) is 0 Å². The maximum absolute atomic E-state index is 12.2. The Balaban J connectivity index is 2.09. The van der Waals surface area contributed by atoms with E-state index in [9.17, 15) is 9.59 Å². The number of nitrogens with zero attached hydrogens (tertiary/aromatic N) is 1. The summed E-state index contributed by atoms with van der Waals surface area (Å²) in [6, 6.07) is 1.83. The van der Waals surface area contributed by atoms with E-state index < -0.39 is 0 Å². The maximum Gasteiger partial charge on any atom is 0.341 e. The molecule has 1 saturated heterocycles. The van der Waals surface area contributed by atoms with Gasteiger partial charge in [0.1, 0.15) is 5.00 Å². The molecule has 1 aliphatic rings. The van der Waals surface area contributed by atoms with Gasteiger partial charge < -0.3 is 10.1 Å². The second kappa shape index (κ2) is 7.74. The quantitative estimate of drug-likeness (QED) is 0.817. The van der Waals surface area contributed by atoms with Crippen molar-refractivity contribution in [1.29, 1.82) is 0 Å². The molecule has 1 aliphatic heterocycles. The molecule has 0 spiro atoms. The highest BCUT2D eigenvalue weighted by Crippen LogP contribution is 2.33. The van der Waals surface area contributed by atoms with Crippen LogP contribution in [-0.2, 0) is 9.53 Å². The average molecular weight is 324 g/mol. The van der Waals surface area contributed by atoms with Gasteiger partial charge in [-0.15, -0.1) is 11.3 Å². The first-order chi connectivity index (χ1) is 10.5. The van der Waals surface area contributed by atoms with Gasteiger partial charge in [-0.05, 0) is 44.8 Å². The molecule has 1 amide bonds. The van der Waals surface area contributed by atoms with Gasteiger partial charge in [-0.25, -0.2) is 4.79 Å². The minimum atomic E-state index is -0.373. The predicted molar refractivity (Wildman–Crippen MR) is 88.7 cm³/mol. The first kappa shape index (κ1) is 17.0. The van der Waals surface area contributed by atoms with E-state index in [2.05, 4.69) is 24.1 Å². The van der Waals surface area contributed by atoms with Gasteiger partial charge in [-0.3, -0.25) is 9.69 Å². The van der Waals surface area contributed by atoms with Gasteiger partial charge in [-0.1, -0.05) is 13.8 Å². The standard InChI is InChI=1S/C16H24N2O3S/c1-4-21-16(20)12-9-13(11(2)3)22-15(12)17-14(19)10-18-7-5-6-8-18/h9,11H,4-8,10H2,1-3H3,(H,17,19). The number of anilines is 1. The van der Waals surface area contributed by atoms with Crippen LogP contribution >= 0.6 is 11.3 Å². The van der Waals surface area contributed by atoms with Crippen molar-refractivity contribution in [1.82, 2.24) is 4.90 Å². The highest BCUT2D eigenvalue weighted by Gasteiger charge is 2.21. The Kier molecular flexibility index (Phi) is 5.97. The molecule has 2 heterocycles. The Hall–Kier alpha value is -1.40. The Morgan fingerprint density at radius 3 is 2.64 bits per heavy atom. The summed E-state index contributed by atoms with van der Waals surface area (Å²) < 4.78 is 5.08. The monoisotopic (exact) mass is 324 g/mol. The largest absolute Gasteiger partial charge is 0.462 e. The SMILES string of the molecule is CCOC(=O)c1cc(C(C)C)sc1NC(=O)CN1CCCC1. The van der Waals surface area contributed by atoms with Crippen molar-refractivity contribution in [2.75, 3.05) is 31.6 Å². The van der Waals surface area contributed by atoms with Crippen LogP contribution in [0.3, 0.4) is 0 Å². The second-order valence-electron chi connectivity index (χ2n) is 5.80. The first-order valence-electron chi connectivity index (χ1n) is 7.84. The minimum Gasteiger partial charge on any atom is -0.462 e. The summed E-state index contributed by atoms with van der Waals surface area (Å²) in [5.41, 5.74) is 0.463. The number of ether oxygens (including phenoxy) is 1. The zero-order valence-electron chi connectivity index (χ0n) is 13.5. The average Bonchev–Trinajstić information content (AvgIpc) is 3.08. The number of thiophene rings is 1. The smallest absolute Gasteiger partial charge is 0.341 e. The van der Waals surface area contributed by atoms with E-state index in [4.69, 9.17) is 4.74 Å². The normalized spacial score (nSPS) is 15.3. The lowest BCUT2D eigenvalue weighted by Crippen LogP contribution is -2.31. The molecule has 1 aromatic heterocycles. The Labute approximate surface area is 135 Å². The number of carbonyl (C=O) groups is 2. The van der Waals surface area contributed by atoms with Gasteiger partial charge in [0.25, 0.3) is 0 Å². The van der Waals surface area contributed by atoms with E-state index in [1.165, 1.54) is 11.3 Å². The van der Waals surface area contributed by atoms with Crippen LogP contribution in [0.15, 0.2) is 6.07 Å². The van der Waals surface area contributed by atoms with E-state index >= 15 is 0 Å². The van der Waals surface area contributed by atoms with Crippen molar-refractivity contribution < 1.29 is 14.3 Å². The van der Waals surface area contributed by atoms with Crippen LogP contribution in [0.25, 0.3) is 0 Å². The van der Waals surface area contributed by atoms with Crippen molar-refractivity contribution in [2.24, 2.45) is 0 Å². The van der Waals surface area contributed by atoms with E-state index in [0.29, 0.717) is 29.6 Å². The molecule has 0 bridgehead atoms. The van der Waals surface area contributed by atoms with E-state index in [0.717, 1.165) is 30.8 Å². The predicted octanol–water partition coefficient (Wildman–Crippen LogP) is 3.08. The lowest BCUT2D eigenvalue weighted by Gasteiger charge is -2.14. The number of hydrogen-bond acceptors (Lipinski definition) is 5. The molecule has 0 unspecified atom stereocenters. The Bertz CT molecular complexity index is 533. The van der Waals surface area contributed by atoms with Crippen molar-refractivity contribution in [3.8, 4) is 0 Å². The molecule has 1 N–H and O–H groups in total. The summed E-state index contributed by atoms with van der Waals surface area (Å²) in [4.78, 5) is 27.4. The highest BCUT2D eigenvalue weighted by molar-refractivity contribution is 7.16. The van der Waals surface area contributed by atoms with Gasteiger partial charge in [0, 0.05) is 4.88 Å². The number of amides is 1. The molecular formula is C16H24N2O3S. The third-order valence-electron chi connectivity index (χ3n) is 3.63. The fourth-order valence-corrected chi connectivity index (χ4v) is 3.52. The summed E-state index contributed by atoms with van der Waals surface area (Å²) >= 11 is 1.46. The number of hydrogen-bond donors (Lipinski definition) is 1. The summed E-state index contributed by atoms with van der Waals surface area (Å²) in [7, 11) is 0. The highest BCUT2D eigenvalue weighted by atomic mass is 32.1. The molecule has 0 saturated carbocycles. The lowest BCUT2D eigenvalue weighted by molar-refractivity contribution is -0.117. The fraction of sp³-hybridized carbons (Fsp3) is 0.625. The fourth-order valence-electron chi connectivity index (χ4n) is 2.46. The van der Waals surface area contributed by atoms with Crippen molar-refractivity contribution in [3.05, 3.63) is 16.5 Å². The molecule has 0 aromatic carbocycles. The van der Waals surface area contributed by atoms with Gasteiger partial charge in [0.2, 0.25) is 5.91 Å². The summed E-state index contributed by atoms with van der Waals surface area (Å²) in [5.74, 6) is -0.130. The number of likely N-dealkylation sites (tertiary alicyclic amines) is 1. The molecule has 6 heteroatoms. The van der Waals surface area contributed by atoms with Crippen LogP contribution in [0.4, 0.5) is 5.00 Å². The van der Waals surface area contributed by atoms with Crippen LogP contribution in [0.1, 0.15) is 54.8 Å². The first-order valence-corrected chi connectivity index (χ1v) is 8.66. The summed E-state index contributed by atoms with van der Waals surface area (Å²) in [6.07, 6.45) is 2.30. The minimum absolute atomic E-state index is 0.0652. The Morgan fingerprint density at radius 2 is 2.05 bits per heavy atom. The van der Waals surface area contributed by atoms with Crippen LogP contribution < -0.4 is 5.32 Å². The summed E-state index contributed by atoms with van der Waals surface area (Å²) in [6.45, 7) is 8.57. The molecule has 0 aliphatic carbocycles.